The van der Waals surface area contributed by atoms with Crippen LogP contribution in [-0.4, -0.2) is 72.0 Å². The van der Waals surface area contributed by atoms with Gasteiger partial charge in [0.05, 0.1) is 4.90 Å². The van der Waals surface area contributed by atoms with Gasteiger partial charge >= 0.3 is 0 Å². The molecule has 0 saturated heterocycles. The number of carbonyl (C=O) groups is 1. The maximum atomic E-state index is 13.9. The third kappa shape index (κ3) is 6.12. The normalized spacial score (nSPS) is 11.6. The van der Waals surface area contributed by atoms with Gasteiger partial charge in [-0.2, -0.15) is 0 Å². The highest BCUT2D eigenvalue weighted by Gasteiger charge is 2.17. The average molecular weight is 347 g/mol. The molecule has 0 unspecified atom stereocenters. The van der Waals surface area contributed by atoms with Crippen molar-refractivity contribution in [1.82, 2.24) is 14.5 Å². The molecule has 0 bridgehead atoms. The molecule has 0 atom stereocenters. The third-order valence-corrected chi connectivity index (χ3v) is 4.37. The summed E-state index contributed by atoms with van der Waals surface area (Å²) in [4.78, 5) is 14.3. The first kappa shape index (κ1) is 19.3. The van der Waals surface area contributed by atoms with E-state index in [4.69, 9.17) is 4.74 Å². The van der Waals surface area contributed by atoms with Gasteiger partial charge in [-0.25, -0.2) is 17.5 Å². The Kier molecular flexibility index (Phi) is 6.92. The highest BCUT2D eigenvalue weighted by Crippen LogP contribution is 2.21. The molecule has 130 valence electrons. The zero-order valence-electron chi connectivity index (χ0n) is 13.7. The Morgan fingerprint density at radius 2 is 1.91 bits per heavy atom. The van der Waals surface area contributed by atoms with E-state index >= 15 is 0 Å². The van der Waals surface area contributed by atoms with Crippen molar-refractivity contribution in [3.05, 3.63) is 24.0 Å². The molecule has 0 aromatic heterocycles. The molecule has 0 saturated carbocycles. The summed E-state index contributed by atoms with van der Waals surface area (Å²) in [5.74, 6) is -1.34. The summed E-state index contributed by atoms with van der Waals surface area (Å²) in [6.07, 6.45) is 0. The molecule has 9 heteroatoms. The maximum absolute atomic E-state index is 13.9. The summed E-state index contributed by atoms with van der Waals surface area (Å²) in [5.41, 5.74) is 0. The van der Waals surface area contributed by atoms with Crippen LogP contribution in [0.15, 0.2) is 23.1 Å². The largest absolute Gasteiger partial charge is 0.481 e. The maximum Gasteiger partial charge on any atom is 0.259 e. The molecule has 0 spiro atoms. The molecule has 0 aliphatic carbocycles. The molecule has 23 heavy (non-hydrogen) atoms. The van der Waals surface area contributed by atoms with Crippen molar-refractivity contribution in [3.63, 3.8) is 0 Å². The standard InChI is InChI=1S/C14H22FN3O4S/c1-17(2)8-7-16-23(20,21)11-5-6-13(12(15)9-11)22-10-14(19)18(3)4/h5-6,9,16H,7-8,10H2,1-4H3. The molecule has 0 heterocycles. The van der Waals surface area contributed by atoms with Gasteiger partial charge in [-0.1, -0.05) is 0 Å². The highest BCUT2D eigenvalue weighted by molar-refractivity contribution is 7.89. The predicted molar refractivity (Wildman–Crippen MR) is 84.3 cm³/mol. The van der Waals surface area contributed by atoms with Crippen LogP contribution in [0, 0.1) is 5.82 Å². The van der Waals surface area contributed by atoms with E-state index in [-0.39, 0.29) is 29.7 Å². The van der Waals surface area contributed by atoms with Gasteiger partial charge in [-0.15, -0.1) is 0 Å². The van der Waals surface area contributed by atoms with Crippen LogP contribution < -0.4 is 9.46 Å². The number of ether oxygens (including phenoxy) is 1. The summed E-state index contributed by atoms with van der Waals surface area (Å²) in [7, 11) is 2.95. The van der Waals surface area contributed by atoms with E-state index in [1.165, 1.54) is 17.0 Å². The molecule has 0 aliphatic heterocycles. The summed E-state index contributed by atoms with van der Waals surface area (Å²) < 4.78 is 45.4. The lowest BCUT2D eigenvalue weighted by Gasteiger charge is -2.13. The quantitative estimate of drug-likeness (QED) is 0.723. The van der Waals surface area contributed by atoms with Gasteiger partial charge in [0.15, 0.2) is 18.2 Å². The second kappa shape index (κ2) is 8.23. The van der Waals surface area contributed by atoms with Crippen molar-refractivity contribution >= 4 is 15.9 Å². The number of hydrogen-bond donors (Lipinski definition) is 1. The number of nitrogens with one attached hydrogen (secondary N) is 1. The van der Waals surface area contributed by atoms with Crippen LogP contribution >= 0.6 is 0 Å². The number of rotatable bonds is 8. The molecule has 1 aromatic rings. The van der Waals surface area contributed by atoms with Crippen LogP contribution in [0.2, 0.25) is 0 Å². The first-order chi connectivity index (χ1) is 10.6. The Morgan fingerprint density at radius 3 is 2.43 bits per heavy atom. The Bertz CT molecular complexity index is 647. The number of halogens is 1. The molecule has 7 nitrogen and oxygen atoms in total. The zero-order chi connectivity index (χ0) is 17.6. The van der Waals surface area contributed by atoms with Crippen LogP contribution in [0.4, 0.5) is 4.39 Å². The SMILES string of the molecule is CN(C)CCNS(=O)(=O)c1ccc(OCC(=O)N(C)C)c(F)c1. The number of amides is 1. The lowest BCUT2D eigenvalue weighted by molar-refractivity contribution is -0.130. The van der Waals surface area contributed by atoms with Gasteiger partial charge < -0.3 is 14.5 Å². The number of benzene rings is 1. The van der Waals surface area contributed by atoms with Crippen molar-refractivity contribution in [2.24, 2.45) is 0 Å². The van der Waals surface area contributed by atoms with Gasteiger partial charge in [0.1, 0.15) is 0 Å². The molecule has 0 aliphatic rings. The fraction of sp³-hybridized carbons (Fsp3) is 0.500. The number of sulfonamides is 1. The van der Waals surface area contributed by atoms with Crippen LogP contribution in [0.1, 0.15) is 0 Å². The van der Waals surface area contributed by atoms with E-state index < -0.39 is 15.8 Å². The Labute approximate surface area is 136 Å². The molecule has 1 rings (SSSR count). The lowest BCUT2D eigenvalue weighted by Crippen LogP contribution is -2.31. The minimum absolute atomic E-state index is 0.174. The lowest BCUT2D eigenvalue weighted by atomic mass is 10.3. The number of hydrogen-bond acceptors (Lipinski definition) is 5. The van der Waals surface area contributed by atoms with E-state index in [0.717, 1.165) is 6.07 Å². The van der Waals surface area contributed by atoms with Crippen molar-refractivity contribution in [2.75, 3.05) is 47.9 Å². The topological polar surface area (TPSA) is 79.0 Å². The number of likely N-dealkylation sites (N-methyl/N-ethyl adjacent to an activating group) is 2. The summed E-state index contributed by atoms with van der Waals surface area (Å²) in [6, 6.07) is 3.29. The average Bonchev–Trinajstić information content (AvgIpc) is 2.44. The third-order valence-electron chi connectivity index (χ3n) is 2.91. The van der Waals surface area contributed by atoms with Crippen molar-refractivity contribution < 1.29 is 22.3 Å². The Morgan fingerprint density at radius 1 is 1.26 bits per heavy atom. The summed E-state index contributed by atoms with van der Waals surface area (Å²) in [6.45, 7) is 0.416. The van der Waals surface area contributed by atoms with E-state index in [0.29, 0.717) is 6.54 Å². The van der Waals surface area contributed by atoms with Crippen molar-refractivity contribution in [2.45, 2.75) is 4.90 Å². The van der Waals surface area contributed by atoms with Gasteiger partial charge in [0.2, 0.25) is 10.0 Å². The zero-order valence-corrected chi connectivity index (χ0v) is 14.5. The number of nitrogens with zero attached hydrogens (tertiary/aromatic N) is 2. The predicted octanol–water partition coefficient (Wildman–Crippen LogP) is 0.133. The monoisotopic (exact) mass is 347 g/mol. The minimum Gasteiger partial charge on any atom is -0.481 e. The Hall–Kier alpha value is -1.71. The summed E-state index contributed by atoms with van der Waals surface area (Å²) >= 11 is 0. The molecule has 0 radical (unpaired) electrons. The van der Waals surface area contributed by atoms with E-state index in [9.17, 15) is 17.6 Å². The minimum atomic E-state index is -3.79. The molecule has 1 amide bonds. The van der Waals surface area contributed by atoms with Crippen molar-refractivity contribution in [1.29, 1.82) is 0 Å². The number of carbonyl (C=O) groups excluding carboxylic acids is 1. The van der Waals surface area contributed by atoms with Gasteiger partial charge in [0, 0.05) is 27.2 Å². The van der Waals surface area contributed by atoms with Crippen LogP contribution in [0.5, 0.6) is 5.75 Å². The van der Waals surface area contributed by atoms with E-state index in [1.807, 2.05) is 19.0 Å². The smallest absolute Gasteiger partial charge is 0.259 e. The van der Waals surface area contributed by atoms with Crippen LogP contribution in [-0.2, 0) is 14.8 Å². The van der Waals surface area contributed by atoms with Gasteiger partial charge in [-0.05, 0) is 32.3 Å². The van der Waals surface area contributed by atoms with E-state index in [1.54, 1.807) is 14.1 Å². The Balaban J connectivity index is 2.77. The molecular weight excluding hydrogens is 325 g/mol. The fourth-order valence-electron chi connectivity index (χ4n) is 1.52. The van der Waals surface area contributed by atoms with Crippen molar-refractivity contribution in [3.8, 4) is 5.75 Å². The highest BCUT2D eigenvalue weighted by atomic mass is 32.2. The van der Waals surface area contributed by atoms with Gasteiger partial charge in [-0.3, -0.25) is 4.79 Å². The van der Waals surface area contributed by atoms with Gasteiger partial charge in [0.25, 0.3) is 5.91 Å². The molecule has 1 aromatic carbocycles. The van der Waals surface area contributed by atoms with Crippen LogP contribution in [0.3, 0.4) is 0 Å². The first-order valence-electron chi connectivity index (χ1n) is 6.90. The molecular formula is C14H22FN3O4S. The van der Waals surface area contributed by atoms with Crippen LogP contribution in [0.25, 0.3) is 0 Å². The second-order valence-corrected chi connectivity index (χ2v) is 7.14. The molecule has 0 fully saturated rings. The fourth-order valence-corrected chi connectivity index (χ4v) is 2.55. The summed E-state index contributed by atoms with van der Waals surface area (Å²) in [5, 5.41) is 0. The van der Waals surface area contributed by atoms with E-state index in [2.05, 4.69) is 4.72 Å². The first-order valence-corrected chi connectivity index (χ1v) is 8.38. The molecule has 1 N–H and O–H groups in total. The second-order valence-electron chi connectivity index (χ2n) is 5.37.